The zero-order chi connectivity index (χ0) is 21.8. The summed E-state index contributed by atoms with van der Waals surface area (Å²) in [5, 5.41) is 8.82. The van der Waals surface area contributed by atoms with Crippen molar-refractivity contribution in [3.8, 4) is 17.1 Å². The minimum absolute atomic E-state index is 0.0813. The van der Waals surface area contributed by atoms with Crippen LogP contribution in [0.4, 0.5) is 0 Å². The van der Waals surface area contributed by atoms with Crippen molar-refractivity contribution in [2.75, 3.05) is 44.9 Å². The Morgan fingerprint density at radius 3 is 2.55 bits per heavy atom. The van der Waals surface area contributed by atoms with Gasteiger partial charge in [0.15, 0.2) is 5.82 Å². The molecule has 1 aliphatic heterocycles. The summed E-state index contributed by atoms with van der Waals surface area (Å²) in [6, 6.07) is 11.4. The molecule has 0 saturated carbocycles. The summed E-state index contributed by atoms with van der Waals surface area (Å²) < 4.78 is 7.40. The number of benzene rings is 1. The summed E-state index contributed by atoms with van der Waals surface area (Å²) in [5.41, 5.74) is 0.831. The Balaban J connectivity index is 1.28. The number of carbonyl (C=O) groups is 1. The Morgan fingerprint density at radius 1 is 1.16 bits per heavy atom. The first kappa shape index (κ1) is 21.9. The summed E-state index contributed by atoms with van der Waals surface area (Å²) in [7, 11) is 1.62. The van der Waals surface area contributed by atoms with Crippen LogP contribution < -0.4 is 10.6 Å². The number of ether oxygens (including phenoxy) is 1. The van der Waals surface area contributed by atoms with E-state index in [1.54, 1.807) is 18.4 Å². The molecule has 31 heavy (non-hydrogen) atoms. The van der Waals surface area contributed by atoms with Crippen LogP contribution in [0.15, 0.2) is 41.6 Å². The normalized spacial score (nSPS) is 14.7. The molecule has 0 bridgehead atoms. The molecule has 0 atom stereocenters. The monoisotopic (exact) mass is 478 g/mol. The van der Waals surface area contributed by atoms with Crippen LogP contribution in [0.25, 0.3) is 11.4 Å². The number of nitrogens with zero attached hydrogens (tertiary/aromatic N) is 5. The molecule has 164 valence electrons. The smallest absolute Gasteiger partial charge is 0.233 e. The van der Waals surface area contributed by atoms with Crippen LogP contribution in [0, 0.1) is 0 Å². The molecule has 0 unspecified atom stereocenters. The summed E-state index contributed by atoms with van der Waals surface area (Å²) in [6.07, 6.45) is 0. The van der Waals surface area contributed by atoms with Crippen molar-refractivity contribution in [1.29, 1.82) is 0 Å². The molecule has 2 N–H and O–H groups in total. The minimum Gasteiger partial charge on any atom is -0.497 e. The van der Waals surface area contributed by atoms with Gasteiger partial charge in [0.1, 0.15) is 5.75 Å². The van der Waals surface area contributed by atoms with E-state index < -0.39 is 0 Å². The van der Waals surface area contributed by atoms with Crippen LogP contribution in [0.3, 0.4) is 0 Å². The van der Waals surface area contributed by atoms with Crippen molar-refractivity contribution in [3.63, 3.8) is 0 Å². The van der Waals surface area contributed by atoms with Gasteiger partial charge >= 0.3 is 0 Å². The molecule has 8 nitrogen and oxygen atoms in total. The first-order chi connectivity index (χ1) is 15.0. The molecule has 4 rings (SSSR count). The van der Waals surface area contributed by atoms with E-state index in [9.17, 15) is 4.79 Å². The third kappa shape index (κ3) is 5.32. The topological polar surface area (TPSA) is 89.5 Å². The quantitative estimate of drug-likeness (QED) is 0.412. The lowest BCUT2D eigenvalue weighted by Crippen LogP contribution is -2.48. The van der Waals surface area contributed by atoms with Gasteiger partial charge in [-0.2, -0.15) is 0 Å². The lowest BCUT2D eigenvalue weighted by molar-refractivity contribution is -0.130. The van der Waals surface area contributed by atoms with Gasteiger partial charge in [-0.05, 0) is 36.4 Å². The van der Waals surface area contributed by atoms with Gasteiger partial charge in [0.25, 0.3) is 0 Å². The standard InChI is InChI=1S/C20H23ClN6O2S2/c1-29-15-4-2-14(3-5-15)19-23-24-20(27(19)22)30-13-18(28)26-10-8-25(9-11-26)12-16-6-7-17(21)31-16/h2-7H,8-13,22H2,1H3. The maximum atomic E-state index is 12.7. The SMILES string of the molecule is COc1ccc(-c2nnc(SCC(=O)N3CCN(Cc4ccc(Cl)s4)CC3)n2N)cc1. The highest BCUT2D eigenvalue weighted by Gasteiger charge is 2.22. The highest BCUT2D eigenvalue weighted by Crippen LogP contribution is 2.25. The van der Waals surface area contributed by atoms with Gasteiger partial charge in [-0.15, -0.1) is 21.5 Å². The van der Waals surface area contributed by atoms with E-state index in [-0.39, 0.29) is 11.7 Å². The second-order valence-electron chi connectivity index (χ2n) is 7.06. The predicted molar refractivity (Wildman–Crippen MR) is 124 cm³/mol. The zero-order valence-corrected chi connectivity index (χ0v) is 19.4. The lowest BCUT2D eigenvalue weighted by atomic mass is 10.2. The first-order valence-corrected chi connectivity index (χ1v) is 11.9. The number of methoxy groups -OCH3 is 1. The largest absolute Gasteiger partial charge is 0.497 e. The van der Waals surface area contributed by atoms with Crippen molar-refractivity contribution in [2.45, 2.75) is 11.7 Å². The highest BCUT2D eigenvalue weighted by molar-refractivity contribution is 7.99. The van der Waals surface area contributed by atoms with Crippen LogP contribution in [0.5, 0.6) is 5.75 Å². The molecule has 0 aliphatic carbocycles. The fraction of sp³-hybridized carbons (Fsp3) is 0.350. The number of nitrogen functional groups attached to an aromatic ring is 1. The van der Waals surface area contributed by atoms with Crippen LogP contribution >= 0.6 is 34.7 Å². The molecule has 1 amide bonds. The zero-order valence-electron chi connectivity index (χ0n) is 17.0. The number of halogens is 1. The predicted octanol–water partition coefficient (Wildman–Crippen LogP) is 2.82. The van der Waals surface area contributed by atoms with Gasteiger partial charge in [0.2, 0.25) is 11.1 Å². The molecule has 3 heterocycles. The van der Waals surface area contributed by atoms with E-state index >= 15 is 0 Å². The number of hydrogen-bond donors (Lipinski definition) is 1. The van der Waals surface area contributed by atoms with Gasteiger partial charge in [-0.1, -0.05) is 23.4 Å². The van der Waals surface area contributed by atoms with Gasteiger partial charge in [0, 0.05) is 43.2 Å². The number of nitrogens with two attached hydrogens (primary N) is 1. The molecular weight excluding hydrogens is 456 g/mol. The van der Waals surface area contributed by atoms with E-state index in [4.69, 9.17) is 22.2 Å². The molecule has 1 fully saturated rings. The van der Waals surface area contributed by atoms with Crippen molar-refractivity contribution in [2.24, 2.45) is 0 Å². The molecule has 2 aromatic heterocycles. The van der Waals surface area contributed by atoms with E-state index in [0.717, 1.165) is 35.3 Å². The molecule has 0 radical (unpaired) electrons. The molecule has 0 spiro atoms. The summed E-state index contributed by atoms with van der Waals surface area (Å²) in [6.45, 7) is 4.00. The Kier molecular flexibility index (Phi) is 7.01. The van der Waals surface area contributed by atoms with Crippen LogP contribution in [-0.2, 0) is 11.3 Å². The van der Waals surface area contributed by atoms with Crippen LogP contribution in [-0.4, -0.2) is 69.6 Å². The highest BCUT2D eigenvalue weighted by atomic mass is 35.5. The van der Waals surface area contributed by atoms with Gasteiger partial charge in [0.05, 0.1) is 17.2 Å². The fourth-order valence-electron chi connectivity index (χ4n) is 3.34. The lowest BCUT2D eigenvalue weighted by Gasteiger charge is -2.34. The summed E-state index contributed by atoms with van der Waals surface area (Å²) in [4.78, 5) is 18.1. The number of thiophene rings is 1. The summed E-state index contributed by atoms with van der Waals surface area (Å²) in [5.74, 6) is 7.82. The van der Waals surface area contributed by atoms with Gasteiger partial charge in [-0.3, -0.25) is 9.69 Å². The Hall–Kier alpha value is -2.27. The molecule has 1 aliphatic rings. The number of thioether (sulfide) groups is 1. The molecule has 11 heteroatoms. The Bertz CT molecular complexity index is 1030. The van der Waals surface area contributed by atoms with Gasteiger partial charge < -0.3 is 15.5 Å². The van der Waals surface area contributed by atoms with Crippen molar-refractivity contribution in [1.82, 2.24) is 24.7 Å². The Morgan fingerprint density at radius 2 is 1.90 bits per heavy atom. The average molecular weight is 479 g/mol. The van der Waals surface area contributed by atoms with Gasteiger partial charge in [-0.25, -0.2) is 4.68 Å². The average Bonchev–Trinajstić information content (AvgIpc) is 3.37. The van der Waals surface area contributed by atoms with E-state index in [1.807, 2.05) is 35.2 Å². The second kappa shape index (κ2) is 9.90. The van der Waals surface area contributed by atoms with Crippen LogP contribution in [0.1, 0.15) is 4.88 Å². The number of aromatic nitrogens is 3. The van der Waals surface area contributed by atoms with Crippen molar-refractivity contribution >= 4 is 40.6 Å². The minimum atomic E-state index is 0.0813. The van der Waals surface area contributed by atoms with Crippen molar-refractivity contribution in [3.05, 3.63) is 45.6 Å². The fourth-order valence-corrected chi connectivity index (χ4v) is 5.23. The van der Waals surface area contributed by atoms with E-state index in [0.29, 0.717) is 24.1 Å². The second-order valence-corrected chi connectivity index (χ2v) is 9.80. The maximum absolute atomic E-state index is 12.7. The Labute approximate surface area is 193 Å². The van der Waals surface area contributed by atoms with Crippen LogP contribution in [0.2, 0.25) is 4.34 Å². The summed E-state index contributed by atoms with van der Waals surface area (Å²) >= 11 is 8.91. The third-order valence-electron chi connectivity index (χ3n) is 5.07. The number of piperazine rings is 1. The molecule has 1 saturated heterocycles. The number of hydrogen-bond acceptors (Lipinski definition) is 8. The number of amides is 1. The maximum Gasteiger partial charge on any atom is 0.233 e. The third-order valence-corrected chi connectivity index (χ3v) is 7.21. The molecule has 3 aromatic rings. The first-order valence-electron chi connectivity index (χ1n) is 9.75. The van der Waals surface area contributed by atoms with E-state index in [1.165, 1.54) is 21.3 Å². The molecular formula is C20H23ClN6O2S2. The molecule has 1 aromatic carbocycles. The van der Waals surface area contributed by atoms with E-state index in [2.05, 4.69) is 21.2 Å². The van der Waals surface area contributed by atoms with Crippen molar-refractivity contribution < 1.29 is 9.53 Å². The number of carbonyl (C=O) groups excluding carboxylic acids is 1. The number of rotatable bonds is 7.